The van der Waals surface area contributed by atoms with E-state index < -0.39 is 14.9 Å². The van der Waals surface area contributed by atoms with Gasteiger partial charge in [0.05, 0.1) is 9.82 Å². The summed E-state index contributed by atoms with van der Waals surface area (Å²) in [5.74, 6) is -0.301. The maximum absolute atomic E-state index is 12.6. The minimum Gasteiger partial charge on any atom is -0.351 e. The zero-order valence-corrected chi connectivity index (χ0v) is 16.5. The van der Waals surface area contributed by atoms with E-state index in [-0.39, 0.29) is 11.6 Å². The first-order chi connectivity index (χ1) is 13.9. The molecule has 1 saturated heterocycles. The van der Waals surface area contributed by atoms with Gasteiger partial charge in [-0.05, 0) is 24.3 Å². The maximum Gasteiger partial charge on any atom is 0.269 e. The van der Waals surface area contributed by atoms with Crippen molar-refractivity contribution < 1.29 is 18.1 Å². The standard InChI is InChI=1S/C19H22N4O5S/c24-19(16-6-8-17(9-7-16)23(25)26)20-10-11-21-12-14-22(15-13-21)29(27,28)18-4-2-1-3-5-18/h1-9H,10-15H2,(H,20,24). The van der Waals surface area contributed by atoms with Crippen LogP contribution in [0.15, 0.2) is 59.5 Å². The van der Waals surface area contributed by atoms with Crippen molar-refractivity contribution in [2.45, 2.75) is 4.90 Å². The Balaban J connectivity index is 1.44. The monoisotopic (exact) mass is 418 g/mol. The summed E-state index contributed by atoms with van der Waals surface area (Å²) in [6, 6.07) is 13.8. The van der Waals surface area contributed by atoms with Gasteiger partial charge in [-0.25, -0.2) is 8.42 Å². The largest absolute Gasteiger partial charge is 0.351 e. The van der Waals surface area contributed by atoms with Gasteiger partial charge in [-0.2, -0.15) is 4.31 Å². The first-order valence-electron chi connectivity index (χ1n) is 9.18. The van der Waals surface area contributed by atoms with E-state index in [4.69, 9.17) is 0 Å². The van der Waals surface area contributed by atoms with Gasteiger partial charge in [0.25, 0.3) is 11.6 Å². The van der Waals surface area contributed by atoms with Crippen molar-refractivity contribution in [2.75, 3.05) is 39.3 Å². The van der Waals surface area contributed by atoms with E-state index in [0.29, 0.717) is 49.7 Å². The van der Waals surface area contributed by atoms with Gasteiger partial charge in [0.15, 0.2) is 0 Å². The van der Waals surface area contributed by atoms with Gasteiger partial charge in [0.2, 0.25) is 10.0 Å². The third kappa shape index (κ3) is 5.17. The van der Waals surface area contributed by atoms with Crippen LogP contribution >= 0.6 is 0 Å². The normalized spacial score (nSPS) is 15.7. The molecule has 2 aromatic carbocycles. The van der Waals surface area contributed by atoms with Gasteiger partial charge in [0, 0.05) is 57.0 Å². The van der Waals surface area contributed by atoms with Crippen molar-refractivity contribution in [1.82, 2.24) is 14.5 Å². The summed E-state index contributed by atoms with van der Waals surface area (Å²) < 4.78 is 26.7. The number of carbonyl (C=O) groups is 1. The van der Waals surface area contributed by atoms with Crippen LogP contribution in [-0.2, 0) is 10.0 Å². The highest BCUT2D eigenvalue weighted by Crippen LogP contribution is 2.17. The van der Waals surface area contributed by atoms with Crippen molar-refractivity contribution in [3.63, 3.8) is 0 Å². The number of amides is 1. The van der Waals surface area contributed by atoms with Crippen LogP contribution < -0.4 is 5.32 Å². The van der Waals surface area contributed by atoms with Crippen molar-refractivity contribution in [3.05, 3.63) is 70.3 Å². The summed E-state index contributed by atoms with van der Waals surface area (Å²) in [5.41, 5.74) is 0.291. The summed E-state index contributed by atoms with van der Waals surface area (Å²) >= 11 is 0. The van der Waals surface area contributed by atoms with E-state index in [9.17, 15) is 23.3 Å². The summed E-state index contributed by atoms with van der Waals surface area (Å²) in [5, 5.41) is 13.4. The fourth-order valence-electron chi connectivity index (χ4n) is 3.10. The van der Waals surface area contributed by atoms with Gasteiger partial charge in [-0.15, -0.1) is 0 Å². The summed E-state index contributed by atoms with van der Waals surface area (Å²) in [6.07, 6.45) is 0. The van der Waals surface area contributed by atoms with Crippen molar-refractivity contribution >= 4 is 21.6 Å². The molecule has 0 unspecified atom stereocenters. The average molecular weight is 418 g/mol. The number of nitrogens with one attached hydrogen (secondary N) is 1. The van der Waals surface area contributed by atoms with Crippen LogP contribution in [0.2, 0.25) is 0 Å². The molecule has 1 amide bonds. The quantitative estimate of drug-likeness (QED) is 0.536. The molecule has 0 radical (unpaired) electrons. The molecule has 9 nitrogen and oxygen atoms in total. The lowest BCUT2D eigenvalue weighted by Crippen LogP contribution is -2.50. The highest BCUT2D eigenvalue weighted by atomic mass is 32.2. The van der Waals surface area contributed by atoms with Crippen molar-refractivity contribution in [1.29, 1.82) is 0 Å². The molecule has 3 rings (SSSR count). The number of rotatable bonds is 7. The first kappa shape index (κ1) is 20.9. The Labute approximate surface area is 169 Å². The number of benzene rings is 2. The summed E-state index contributed by atoms with van der Waals surface area (Å²) in [6.45, 7) is 2.96. The van der Waals surface area contributed by atoms with Crippen molar-refractivity contribution in [2.24, 2.45) is 0 Å². The Bertz CT molecular complexity index is 956. The average Bonchev–Trinajstić information content (AvgIpc) is 2.74. The maximum atomic E-state index is 12.6. The minimum atomic E-state index is -3.48. The zero-order valence-electron chi connectivity index (χ0n) is 15.7. The lowest BCUT2D eigenvalue weighted by Gasteiger charge is -2.33. The van der Waals surface area contributed by atoms with E-state index in [0.717, 1.165) is 0 Å². The van der Waals surface area contributed by atoms with Crippen LogP contribution in [0.25, 0.3) is 0 Å². The van der Waals surface area contributed by atoms with E-state index in [2.05, 4.69) is 10.2 Å². The zero-order chi connectivity index (χ0) is 20.9. The minimum absolute atomic E-state index is 0.0649. The van der Waals surface area contributed by atoms with Crippen LogP contribution in [0.1, 0.15) is 10.4 Å². The Hall–Kier alpha value is -2.82. The van der Waals surface area contributed by atoms with Gasteiger partial charge >= 0.3 is 0 Å². The third-order valence-electron chi connectivity index (χ3n) is 4.77. The van der Waals surface area contributed by atoms with Gasteiger partial charge in [0.1, 0.15) is 0 Å². The molecule has 0 aliphatic carbocycles. The number of non-ortho nitro benzene ring substituents is 1. The van der Waals surface area contributed by atoms with Crippen LogP contribution in [0, 0.1) is 10.1 Å². The Kier molecular flexibility index (Phi) is 6.57. The third-order valence-corrected chi connectivity index (χ3v) is 6.68. The fraction of sp³-hybridized carbons (Fsp3) is 0.316. The first-order valence-corrected chi connectivity index (χ1v) is 10.6. The smallest absolute Gasteiger partial charge is 0.269 e. The van der Waals surface area contributed by atoms with Crippen LogP contribution in [0.5, 0.6) is 0 Å². The van der Waals surface area contributed by atoms with Gasteiger partial charge in [-0.3, -0.25) is 19.8 Å². The molecule has 1 heterocycles. The lowest BCUT2D eigenvalue weighted by molar-refractivity contribution is -0.384. The molecule has 2 aromatic rings. The highest BCUT2D eigenvalue weighted by molar-refractivity contribution is 7.89. The number of piperazine rings is 1. The number of sulfonamides is 1. The number of carbonyl (C=O) groups excluding carboxylic acids is 1. The molecule has 0 bridgehead atoms. The van der Waals surface area contributed by atoms with Crippen molar-refractivity contribution in [3.8, 4) is 0 Å². The Morgan fingerprint density at radius 2 is 1.62 bits per heavy atom. The second-order valence-corrected chi connectivity index (χ2v) is 8.56. The summed E-state index contributed by atoms with van der Waals surface area (Å²) in [4.78, 5) is 24.6. The molecule has 1 N–H and O–H groups in total. The second kappa shape index (κ2) is 9.12. The summed E-state index contributed by atoms with van der Waals surface area (Å²) in [7, 11) is -3.48. The van der Waals surface area contributed by atoms with Gasteiger partial charge < -0.3 is 5.32 Å². The molecule has 1 aliphatic rings. The van der Waals surface area contributed by atoms with E-state index in [1.165, 1.54) is 28.6 Å². The molecule has 29 heavy (non-hydrogen) atoms. The topological polar surface area (TPSA) is 113 Å². The number of nitrogens with zero attached hydrogens (tertiary/aromatic N) is 3. The van der Waals surface area contributed by atoms with Gasteiger partial charge in [-0.1, -0.05) is 18.2 Å². The van der Waals surface area contributed by atoms with Crippen LogP contribution in [0.3, 0.4) is 0 Å². The van der Waals surface area contributed by atoms with E-state index >= 15 is 0 Å². The molecule has 1 aliphatic heterocycles. The molecule has 1 fully saturated rings. The Morgan fingerprint density at radius 1 is 1.00 bits per heavy atom. The second-order valence-electron chi connectivity index (χ2n) is 6.62. The molecule has 0 saturated carbocycles. The molecular formula is C19H22N4O5S. The SMILES string of the molecule is O=C(NCCN1CCN(S(=O)(=O)c2ccccc2)CC1)c1ccc([N+](=O)[O-])cc1. The molecule has 154 valence electrons. The molecule has 0 spiro atoms. The number of nitro benzene ring substituents is 1. The van der Waals surface area contributed by atoms with Crippen LogP contribution in [0.4, 0.5) is 5.69 Å². The number of hydrogen-bond acceptors (Lipinski definition) is 6. The predicted molar refractivity (Wildman–Crippen MR) is 107 cm³/mol. The number of hydrogen-bond donors (Lipinski definition) is 1. The Morgan fingerprint density at radius 3 is 2.21 bits per heavy atom. The molecule has 0 aromatic heterocycles. The van der Waals surface area contributed by atoms with E-state index in [1.54, 1.807) is 30.3 Å². The number of nitro groups is 1. The predicted octanol–water partition coefficient (Wildman–Crippen LogP) is 1.33. The van der Waals surface area contributed by atoms with E-state index in [1.807, 2.05) is 0 Å². The fourth-order valence-corrected chi connectivity index (χ4v) is 4.54. The van der Waals surface area contributed by atoms with Crippen LogP contribution in [-0.4, -0.2) is 67.7 Å². The molecular weight excluding hydrogens is 396 g/mol. The molecule has 0 atom stereocenters. The molecule has 10 heteroatoms. The lowest BCUT2D eigenvalue weighted by atomic mass is 10.2. The highest BCUT2D eigenvalue weighted by Gasteiger charge is 2.28.